The lowest BCUT2D eigenvalue weighted by Gasteiger charge is -2.64. The summed E-state index contributed by atoms with van der Waals surface area (Å²) in [5.74, 6) is -1.72. The third-order valence-electron chi connectivity index (χ3n) is 15.7. The van der Waals surface area contributed by atoms with Crippen LogP contribution in [0.1, 0.15) is 77.0 Å². The minimum absolute atomic E-state index is 0.00752. The maximum atomic E-state index is 14.6. The van der Waals surface area contributed by atoms with Gasteiger partial charge in [0, 0.05) is 31.2 Å². The average molecular weight is 930 g/mol. The number of phenols is 3. The van der Waals surface area contributed by atoms with E-state index < -0.39 is 35.7 Å². The first-order valence-electron chi connectivity index (χ1n) is 24.0. The van der Waals surface area contributed by atoms with Gasteiger partial charge in [-0.1, -0.05) is 72.8 Å². The average Bonchev–Trinajstić information content (AvgIpc) is 3.32. The van der Waals surface area contributed by atoms with Crippen molar-refractivity contribution in [1.29, 1.82) is 0 Å². The molecule has 69 heavy (non-hydrogen) atoms. The maximum absolute atomic E-state index is 14.6. The van der Waals surface area contributed by atoms with Crippen molar-refractivity contribution in [1.82, 2.24) is 5.32 Å². The van der Waals surface area contributed by atoms with E-state index in [1.807, 2.05) is 73.8 Å². The predicted molar refractivity (Wildman–Crippen MR) is 263 cm³/mol. The molecule has 0 aliphatic heterocycles. The van der Waals surface area contributed by atoms with Gasteiger partial charge in [-0.15, -0.1) is 0 Å². The van der Waals surface area contributed by atoms with Crippen LogP contribution in [0, 0.1) is 23.2 Å². The number of nitrogens with one attached hydrogen (secondary N) is 1. The maximum Gasteiger partial charge on any atom is 0.310 e. The molecule has 2 fully saturated rings. The molecule has 6 aromatic rings. The highest BCUT2D eigenvalue weighted by atomic mass is 16.6. The number of fused-ring (bicyclic) bond motifs is 5. The van der Waals surface area contributed by atoms with Gasteiger partial charge in [-0.2, -0.15) is 0 Å². The van der Waals surface area contributed by atoms with Gasteiger partial charge in [0.15, 0.2) is 23.0 Å². The number of hydrogen-bond acceptors (Lipinski definition) is 11. The Morgan fingerprint density at radius 3 is 2.30 bits per heavy atom. The Labute approximate surface area is 402 Å². The molecule has 0 amide bonds. The second-order valence-electron chi connectivity index (χ2n) is 19.5. The van der Waals surface area contributed by atoms with Gasteiger partial charge in [-0.3, -0.25) is 9.59 Å². The van der Waals surface area contributed by atoms with Crippen molar-refractivity contribution in [3.05, 3.63) is 154 Å². The van der Waals surface area contributed by atoms with Crippen molar-refractivity contribution < 1.29 is 49.0 Å². The molecule has 11 nitrogen and oxygen atoms in total. The van der Waals surface area contributed by atoms with Crippen LogP contribution in [0.3, 0.4) is 0 Å². The van der Waals surface area contributed by atoms with E-state index in [9.17, 15) is 30.0 Å². The van der Waals surface area contributed by atoms with Crippen LogP contribution in [0.4, 0.5) is 0 Å². The van der Waals surface area contributed by atoms with Crippen LogP contribution in [-0.2, 0) is 44.9 Å². The normalized spacial score (nSPS) is 25.6. The minimum Gasteiger partial charge on any atom is -0.508 e. The van der Waals surface area contributed by atoms with Gasteiger partial charge in [0.2, 0.25) is 0 Å². The first-order valence-corrected chi connectivity index (χ1v) is 24.0. The summed E-state index contributed by atoms with van der Waals surface area (Å²) in [6.07, 6.45) is 4.01. The van der Waals surface area contributed by atoms with Gasteiger partial charge in [-0.05, 0) is 166 Å². The van der Waals surface area contributed by atoms with Crippen LogP contribution in [0.2, 0.25) is 0 Å². The van der Waals surface area contributed by atoms with E-state index in [0.29, 0.717) is 43.7 Å². The summed E-state index contributed by atoms with van der Waals surface area (Å²) in [4.78, 5) is 28.0. The largest absolute Gasteiger partial charge is 0.508 e. The number of carbonyl (C=O) groups excluding carboxylic acids is 2. The fourth-order valence-corrected chi connectivity index (χ4v) is 13.0. The van der Waals surface area contributed by atoms with Crippen LogP contribution < -0.4 is 14.8 Å². The van der Waals surface area contributed by atoms with Gasteiger partial charge in [0.1, 0.15) is 18.0 Å². The lowest BCUT2D eigenvalue weighted by atomic mass is 9.40. The fraction of sp³-hybridized carbons (Fsp3) is 0.345. The molecule has 2 saturated carbocycles. The molecule has 356 valence electrons. The zero-order chi connectivity index (χ0) is 48.1. The van der Waals surface area contributed by atoms with Crippen LogP contribution in [0.15, 0.2) is 115 Å². The van der Waals surface area contributed by atoms with E-state index >= 15 is 0 Å². The number of benzene rings is 6. The summed E-state index contributed by atoms with van der Waals surface area (Å²) < 4.78 is 24.5. The second kappa shape index (κ2) is 18.6. The SMILES string of the molecule is CNCc1cccc(-c2cc(O)cc3ccc(CC(=O)O[C@H]4C[C@@H]5c6cc(OC)c(O)cc6C[C@H]6[C@H]5[C@@]5(/C=C/c7ccccc7)[C@H](Cc7cc(OC)c(O)cc7[C@@H]5C[C@@H]6O)[C@H](OC(C)=O)C4)cc23)c1. The zero-order valence-corrected chi connectivity index (χ0v) is 39.4. The Hall–Kier alpha value is -6.82. The van der Waals surface area contributed by atoms with Crippen molar-refractivity contribution >= 4 is 28.8 Å². The van der Waals surface area contributed by atoms with Crippen molar-refractivity contribution in [2.24, 2.45) is 23.2 Å². The van der Waals surface area contributed by atoms with E-state index in [1.54, 1.807) is 24.3 Å². The zero-order valence-electron chi connectivity index (χ0n) is 39.4. The summed E-state index contributed by atoms with van der Waals surface area (Å²) in [6.45, 7) is 2.10. The molecule has 0 unspecified atom stereocenters. The van der Waals surface area contributed by atoms with Crippen LogP contribution in [-0.4, -0.2) is 71.9 Å². The molecule has 4 aliphatic carbocycles. The number of rotatable bonds is 11. The van der Waals surface area contributed by atoms with Gasteiger partial charge in [0.05, 0.1) is 26.7 Å². The number of methoxy groups -OCH3 is 2. The quantitative estimate of drug-likeness (QED) is 0.0787. The number of aliphatic hydroxyl groups excluding tert-OH is 1. The highest BCUT2D eigenvalue weighted by Crippen LogP contribution is 2.69. The van der Waals surface area contributed by atoms with E-state index in [2.05, 4.69) is 35.7 Å². The number of phenolic OH excluding ortho intramolecular Hbond substituents is 3. The third-order valence-corrected chi connectivity index (χ3v) is 15.7. The molecule has 9 atom stereocenters. The number of esters is 2. The standard InChI is InChI=1S/C58H59NO10/c1-32(60)68-53-27-41(69-56(65)19-34-13-14-37-20-40(61)25-43(42(37)18-34)36-12-8-11-35(17-36)31-59-2)26-46-44-29-55(67-4)51(63)23-38(44)21-47-50(62)30-48-45-28-52(64)54(66-3)24-39(45)22-49(53)58(48,57(46)47)16-15-33-9-6-5-7-10-33/h5-18,20,23-25,28-29,41,46-50,53,57,59,61-64H,19,21-22,26-27,30-31H2,1-4H3/b16-15+/t41-,46+,47+,48-,49+,50-,53+,57-,58+/m0/s1. The Kier molecular flexibility index (Phi) is 12.4. The van der Waals surface area contributed by atoms with E-state index in [0.717, 1.165) is 60.8 Å². The molecule has 0 aromatic heterocycles. The number of aliphatic hydroxyl groups is 1. The summed E-state index contributed by atoms with van der Waals surface area (Å²) in [7, 11) is 4.94. The molecule has 10 rings (SSSR count). The monoisotopic (exact) mass is 929 g/mol. The molecule has 0 spiro atoms. The third kappa shape index (κ3) is 8.46. The summed E-state index contributed by atoms with van der Waals surface area (Å²) in [5.41, 5.74) is 7.53. The summed E-state index contributed by atoms with van der Waals surface area (Å²) in [6, 6.07) is 34.8. The Morgan fingerprint density at radius 1 is 0.768 bits per heavy atom. The fourth-order valence-electron chi connectivity index (χ4n) is 13.0. The highest BCUT2D eigenvalue weighted by Gasteiger charge is 2.65. The first-order chi connectivity index (χ1) is 33.4. The Morgan fingerprint density at radius 2 is 1.54 bits per heavy atom. The Balaban J connectivity index is 1.10. The number of aromatic hydroxyl groups is 3. The van der Waals surface area contributed by atoms with Crippen molar-refractivity contribution in [3.63, 3.8) is 0 Å². The number of ether oxygens (including phenoxy) is 4. The molecule has 6 aromatic carbocycles. The second-order valence-corrected chi connectivity index (χ2v) is 19.5. The molecule has 0 bridgehead atoms. The van der Waals surface area contributed by atoms with Gasteiger partial charge >= 0.3 is 11.9 Å². The molecule has 0 heterocycles. The van der Waals surface area contributed by atoms with Crippen molar-refractivity contribution in [2.75, 3.05) is 21.3 Å². The highest BCUT2D eigenvalue weighted by molar-refractivity contribution is 5.98. The first kappa shape index (κ1) is 45.9. The van der Waals surface area contributed by atoms with Gasteiger partial charge in [0.25, 0.3) is 0 Å². The number of hydrogen-bond donors (Lipinski definition) is 5. The lowest BCUT2D eigenvalue weighted by molar-refractivity contribution is -0.175. The smallest absolute Gasteiger partial charge is 0.310 e. The molecule has 11 heteroatoms. The topological polar surface area (TPSA) is 164 Å². The van der Waals surface area contributed by atoms with E-state index in [-0.39, 0.29) is 59.7 Å². The number of allylic oxidation sites excluding steroid dienone is 1. The van der Waals surface area contributed by atoms with Crippen LogP contribution >= 0.6 is 0 Å². The van der Waals surface area contributed by atoms with Crippen LogP contribution in [0.25, 0.3) is 28.0 Å². The lowest BCUT2D eigenvalue weighted by Crippen LogP contribution is -2.62. The molecule has 5 N–H and O–H groups in total. The van der Waals surface area contributed by atoms with Gasteiger partial charge < -0.3 is 44.7 Å². The van der Waals surface area contributed by atoms with Crippen molar-refractivity contribution in [2.45, 2.75) is 82.1 Å². The van der Waals surface area contributed by atoms with E-state index in [4.69, 9.17) is 18.9 Å². The molecular weight excluding hydrogens is 871 g/mol. The summed E-state index contributed by atoms with van der Waals surface area (Å²) in [5, 5.41) is 50.8. The van der Waals surface area contributed by atoms with Crippen molar-refractivity contribution in [3.8, 4) is 39.9 Å². The molecule has 4 aliphatic rings. The molecule has 0 saturated heterocycles. The van der Waals surface area contributed by atoms with Gasteiger partial charge in [-0.25, -0.2) is 0 Å². The van der Waals surface area contributed by atoms with E-state index in [1.165, 1.54) is 21.1 Å². The predicted octanol–water partition coefficient (Wildman–Crippen LogP) is 9.53. The molecule has 0 radical (unpaired) electrons. The number of carbonyl (C=O) groups is 2. The molecular formula is C58H59NO10. The minimum atomic E-state index is -0.785. The summed E-state index contributed by atoms with van der Waals surface area (Å²) >= 11 is 0. The van der Waals surface area contributed by atoms with Crippen LogP contribution in [0.5, 0.6) is 28.7 Å². The Bertz CT molecular complexity index is 2970.